The molecule has 2 rings (SSSR count). The van der Waals surface area contributed by atoms with Gasteiger partial charge in [-0.05, 0) is 37.6 Å². The fourth-order valence-electron chi connectivity index (χ4n) is 2.38. The van der Waals surface area contributed by atoms with Crippen LogP contribution < -0.4 is 9.62 Å². The van der Waals surface area contributed by atoms with E-state index in [2.05, 4.69) is 5.32 Å². The number of hydrogen-bond acceptors (Lipinski definition) is 4. The number of aryl methyl sites for hydroxylation is 1. The lowest BCUT2D eigenvalue weighted by molar-refractivity contribution is -0.119. The van der Waals surface area contributed by atoms with Gasteiger partial charge in [0.1, 0.15) is 6.54 Å². The molecule has 1 N–H and O–H groups in total. The predicted molar refractivity (Wildman–Crippen MR) is 102 cm³/mol. The summed E-state index contributed by atoms with van der Waals surface area (Å²) in [7, 11) is -2.26. The molecule has 0 atom stereocenters. The monoisotopic (exact) mass is 376 g/mol. The van der Waals surface area contributed by atoms with Crippen LogP contribution in [-0.4, -0.2) is 41.1 Å². The molecule has 26 heavy (non-hydrogen) atoms. The number of carbonyl (C=O) groups is 1. The highest BCUT2D eigenvalue weighted by atomic mass is 32.2. The summed E-state index contributed by atoms with van der Waals surface area (Å²) in [5, 5.41) is 2.73. The van der Waals surface area contributed by atoms with E-state index in [1.54, 1.807) is 37.4 Å². The number of sulfonamides is 1. The van der Waals surface area contributed by atoms with Gasteiger partial charge in [0.15, 0.2) is 0 Å². The minimum absolute atomic E-state index is 0.146. The van der Waals surface area contributed by atoms with Crippen molar-refractivity contribution in [3.05, 3.63) is 60.2 Å². The van der Waals surface area contributed by atoms with Crippen molar-refractivity contribution in [2.24, 2.45) is 0 Å². The molecule has 0 spiro atoms. The number of carbonyl (C=O) groups excluding carboxylic acids is 1. The van der Waals surface area contributed by atoms with Crippen molar-refractivity contribution in [3.8, 4) is 0 Å². The van der Waals surface area contributed by atoms with E-state index < -0.39 is 10.0 Å². The van der Waals surface area contributed by atoms with Crippen molar-refractivity contribution in [2.75, 3.05) is 31.1 Å². The largest absolute Gasteiger partial charge is 0.385 e. The second-order valence-electron chi connectivity index (χ2n) is 5.86. The molecule has 2 aromatic rings. The van der Waals surface area contributed by atoms with Crippen molar-refractivity contribution >= 4 is 21.6 Å². The summed E-state index contributed by atoms with van der Waals surface area (Å²) >= 11 is 0. The molecule has 6 nitrogen and oxygen atoms in total. The highest BCUT2D eigenvalue weighted by molar-refractivity contribution is 7.92. The Morgan fingerprint density at radius 2 is 1.73 bits per heavy atom. The highest BCUT2D eigenvalue weighted by Crippen LogP contribution is 2.23. The summed E-state index contributed by atoms with van der Waals surface area (Å²) < 4.78 is 32.2. The predicted octanol–water partition coefficient (Wildman–Crippen LogP) is 2.34. The maximum Gasteiger partial charge on any atom is 0.264 e. The summed E-state index contributed by atoms with van der Waals surface area (Å²) in [5.74, 6) is -0.360. The molecular weight excluding hydrogens is 352 g/mol. The van der Waals surface area contributed by atoms with Crippen LogP contribution in [0.5, 0.6) is 0 Å². The molecule has 0 saturated carbocycles. The third-order valence-electron chi connectivity index (χ3n) is 3.79. The molecular formula is C19H24N2O4S. The van der Waals surface area contributed by atoms with Gasteiger partial charge in [0, 0.05) is 20.3 Å². The number of hydrogen-bond donors (Lipinski definition) is 1. The Balaban J connectivity index is 2.25. The fraction of sp³-hybridized carbons (Fsp3) is 0.316. The van der Waals surface area contributed by atoms with Crippen LogP contribution in [0.1, 0.15) is 12.0 Å². The Bertz CT molecular complexity index is 805. The maximum atomic E-state index is 13.1. The lowest BCUT2D eigenvalue weighted by Gasteiger charge is -2.24. The number of anilines is 1. The van der Waals surface area contributed by atoms with E-state index in [9.17, 15) is 13.2 Å². The Hall–Kier alpha value is -2.38. The average Bonchev–Trinajstić information content (AvgIpc) is 2.65. The molecule has 0 aromatic heterocycles. The first-order chi connectivity index (χ1) is 12.4. The second-order valence-corrected chi connectivity index (χ2v) is 7.72. The molecule has 0 aliphatic carbocycles. The number of nitrogens with one attached hydrogen (secondary N) is 1. The van der Waals surface area contributed by atoms with Crippen LogP contribution in [0.15, 0.2) is 59.5 Å². The van der Waals surface area contributed by atoms with E-state index in [0.29, 0.717) is 25.3 Å². The van der Waals surface area contributed by atoms with E-state index in [-0.39, 0.29) is 17.3 Å². The van der Waals surface area contributed by atoms with Crippen LogP contribution in [-0.2, 0) is 19.6 Å². The quantitative estimate of drug-likeness (QED) is 0.682. The second kappa shape index (κ2) is 9.35. The smallest absolute Gasteiger partial charge is 0.264 e. The van der Waals surface area contributed by atoms with Crippen LogP contribution in [0.2, 0.25) is 0 Å². The molecule has 0 saturated heterocycles. The highest BCUT2D eigenvalue weighted by Gasteiger charge is 2.26. The Labute approximate surface area is 154 Å². The lowest BCUT2D eigenvalue weighted by Crippen LogP contribution is -2.41. The van der Waals surface area contributed by atoms with Crippen LogP contribution in [0.25, 0.3) is 0 Å². The van der Waals surface area contributed by atoms with Crippen LogP contribution in [0.4, 0.5) is 5.69 Å². The number of benzene rings is 2. The summed E-state index contributed by atoms with van der Waals surface area (Å²) in [6, 6.07) is 15.1. The number of nitrogens with zero attached hydrogens (tertiary/aromatic N) is 1. The first kappa shape index (κ1) is 19.9. The van der Waals surface area contributed by atoms with Crippen molar-refractivity contribution in [3.63, 3.8) is 0 Å². The molecule has 0 aliphatic heterocycles. The number of rotatable bonds is 9. The van der Waals surface area contributed by atoms with Crippen molar-refractivity contribution < 1.29 is 17.9 Å². The molecule has 0 aliphatic rings. The molecule has 1 amide bonds. The van der Waals surface area contributed by atoms with E-state index >= 15 is 0 Å². The van der Waals surface area contributed by atoms with Gasteiger partial charge in [0.2, 0.25) is 5.91 Å². The van der Waals surface area contributed by atoms with Gasteiger partial charge >= 0.3 is 0 Å². The standard InChI is InChI=1S/C19H24N2O4S/c1-16-9-11-17(12-10-16)21(15-19(22)20-13-6-14-25-2)26(23,24)18-7-4-3-5-8-18/h3-5,7-12H,6,13-15H2,1-2H3,(H,20,22). The summed E-state index contributed by atoms with van der Waals surface area (Å²) in [4.78, 5) is 12.4. The third-order valence-corrected chi connectivity index (χ3v) is 5.58. The van der Waals surface area contributed by atoms with E-state index in [0.717, 1.165) is 9.87 Å². The van der Waals surface area contributed by atoms with Crippen LogP contribution >= 0.6 is 0 Å². The normalized spacial score (nSPS) is 11.2. The molecule has 2 aromatic carbocycles. The SMILES string of the molecule is COCCCNC(=O)CN(c1ccc(C)cc1)S(=O)(=O)c1ccccc1. The van der Waals surface area contributed by atoms with Crippen molar-refractivity contribution in [1.82, 2.24) is 5.32 Å². The third kappa shape index (κ3) is 5.31. The van der Waals surface area contributed by atoms with E-state index in [4.69, 9.17) is 4.74 Å². The van der Waals surface area contributed by atoms with Crippen LogP contribution in [0, 0.1) is 6.92 Å². The van der Waals surface area contributed by atoms with Gasteiger partial charge in [-0.25, -0.2) is 8.42 Å². The van der Waals surface area contributed by atoms with Gasteiger partial charge in [0.05, 0.1) is 10.6 Å². The first-order valence-corrected chi connectivity index (χ1v) is 9.79. The Morgan fingerprint density at radius 1 is 1.08 bits per heavy atom. The van der Waals surface area contributed by atoms with Crippen molar-refractivity contribution in [1.29, 1.82) is 0 Å². The molecule has 140 valence electrons. The van der Waals surface area contributed by atoms with Crippen LogP contribution in [0.3, 0.4) is 0 Å². The lowest BCUT2D eigenvalue weighted by atomic mass is 10.2. The van der Waals surface area contributed by atoms with Gasteiger partial charge < -0.3 is 10.1 Å². The van der Waals surface area contributed by atoms with E-state index in [1.165, 1.54) is 12.1 Å². The van der Waals surface area contributed by atoms with Gasteiger partial charge in [-0.1, -0.05) is 35.9 Å². The minimum atomic E-state index is -3.85. The molecule has 0 fully saturated rings. The topological polar surface area (TPSA) is 75.7 Å². The van der Waals surface area contributed by atoms with Gasteiger partial charge in [-0.3, -0.25) is 9.10 Å². The molecule has 0 radical (unpaired) electrons. The minimum Gasteiger partial charge on any atom is -0.385 e. The summed E-state index contributed by atoms with van der Waals surface area (Å²) in [6.07, 6.45) is 0.665. The Kier molecular flexibility index (Phi) is 7.17. The van der Waals surface area contributed by atoms with Gasteiger partial charge in [-0.2, -0.15) is 0 Å². The molecule has 0 heterocycles. The van der Waals surface area contributed by atoms with E-state index in [1.807, 2.05) is 19.1 Å². The number of methoxy groups -OCH3 is 1. The zero-order valence-electron chi connectivity index (χ0n) is 15.0. The first-order valence-electron chi connectivity index (χ1n) is 8.35. The van der Waals surface area contributed by atoms with Gasteiger partial charge in [-0.15, -0.1) is 0 Å². The average molecular weight is 376 g/mol. The number of ether oxygens (including phenoxy) is 1. The molecule has 0 bridgehead atoms. The Morgan fingerprint density at radius 3 is 2.35 bits per heavy atom. The zero-order valence-corrected chi connectivity index (χ0v) is 15.8. The zero-order chi connectivity index (χ0) is 19.0. The maximum absolute atomic E-state index is 13.1. The summed E-state index contributed by atoms with van der Waals surface area (Å²) in [5.41, 5.74) is 1.46. The molecule has 7 heteroatoms. The summed E-state index contributed by atoms with van der Waals surface area (Å²) in [6.45, 7) is 2.60. The van der Waals surface area contributed by atoms with Crippen molar-refractivity contribution in [2.45, 2.75) is 18.2 Å². The molecule has 0 unspecified atom stereocenters. The fourth-order valence-corrected chi connectivity index (χ4v) is 3.82. The van der Waals surface area contributed by atoms with Gasteiger partial charge in [0.25, 0.3) is 10.0 Å². The number of amides is 1.